The molecule has 0 radical (unpaired) electrons. The number of nitrogens with zero attached hydrogens (tertiary/aromatic N) is 2. The molecule has 0 fully saturated rings. The van der Waals surface area contributed by atoms with E-state index in [0.29, 0.717) is 34.7 Å². The molecule has 10 heteroatoms. The van der Waals surface area contributed by atoms with Gasteiger partial charge in [0, 0.05) is 5.69 Å². The topological polar surface area (TPSA) is 137 Å². The van der Waals surface area contributed by atoms with Crippen molar-refractivity contribution in [1.82, 2.24) is 15.2 Å². The Balaban J connectivity index is 2.16. The summed E-state index contributed by atoms with van der Waals surface area (Å²) < 4.78 is 21.9. The van der Waals surface area contributed by atoms with Gasteiger partial charge in [0.2, 0.25) is 5.89 Å². The van der Waals surface area contributed by atoms with Crippen molar-refractivity contribution in [2.24, 2.45) is 0 Å². The molecule has 0 saturated heterocycles. The molecule has 0 spiro atoms. The van der Waals surface area contributed by atoms with Gasteiger partial charge in [-0.25, -0.2) is 0 Å². The number of benzene rings is 1. The molecule has 1 aromatic carbocycles. The van der Waals surface area contributed by atoms with Crippen molar-refractivity contribution in [1.29, 1.82) is 0 Å². The highest BCUT2D eigenvalue weighted by molar-refractivity contribution is 5.87. The zero-order chi connectivity index (χ0) is 25.8. The molecule has 35 heavy (non-hydrogen) atoms. The van der Waals surface area contributed by atoms with Gasteiger partial charge < -0.3 is 28.7 Å². The van der Waals surface area contributed by atoms with Crippen molar-refractivity contribution >= 4 is 5.97 Å². The Kier molecular flexibility index (Phi) is 7.83. The second kappa shape index (κ2) is 10.6. The second-order valence-corrected chi connectivity index (χ2v) is 8.94. The Morgan fingerprint density at radius 2 is 1.74 bits per heavy atom. The maximum absolute atomic E-state index is 13.0. The van der Waals surface area contributed by atoms with E-state index >= 15 is 0 Å². The van der Waals surface area contributed by atoms with Gasteiger partial charge in [0.15, 0.2) is 0 Å². The lowest BCUT2D eigenvalue weighted by Gasteiger charge is -2.18. The van der Waals surface area contributed by atoms with Crippen molar-refractivity contribution in [2.45, 2.75) is 59.0 Å². The molecule has 0 saturated carbocycles. The molecule has 2 N–H and O–H groups in total. The normalized spacial score (nSPS) is 11.4. The molecule has 0 aliphatic carbocycles. The van der Waals surface area contributed by atoms with Gasteiger partial charge in [-0.1, -0.05) is 19.4 Å². The van der Waals surface area contributed by atoms with Crippen LogP contribution in [0.25, 0.3) is 22.6 Å². The molecular weight excluding hydrogens is 454 g/mol. The second-order valence-electron chi connectivity index (χ2n) is 8.94. The summed E-state index contributed by atoms with van der Waals surface area (Å²) >= 11 is 0. The van der Waals surface area contributed by atoms with E-state index in [9.17, 15) is 14.7 Å². The van der Waals surface area contributed by atoms with Crippen LogP contribution in [0.1, 0.15) is 52.1 Å². The number of ether oxygens (including phenoxy) is 3. The third-order valence-electron chi connectivity index (χ3n) is 5.12. The fraction of sp³-hybridized carbons (Fsp3) is 0.440. The van der Waals surface area contributed by atoms with Crippen molar-refractivity contribution in [2.75, 3.05) is 14.2 Å². The van der Waals surface area contributed by atoms with Gasteiger partial charge in [0.25, 0.3) is 11.4 Å². The fourth-order valence-corrected chi connectivity index (χ4v) is 3.67. The van der Waals surface area contributed by atoms with Gasteiger partial charge >= 0.3 is 5.97 Å². The Hall–Kier alpha value is -3.82. The number of carbonyl (C=O) groups excluding carboxylic acids is 1. The van der Waals surface area contributed by atoms with Gasteiger partial charge in [-0.15, -0.1) is 10.2 Å². The number of H-pyrrole nitrogens is 1. The number of aromatic nitrogens is 3. The van der Waals surface area contributed by atoms with E-state index in [0.717, 1.165) is 12.8 Å². The van der Waals surface area contributed by atoms with E-state index in [1.165, 1.54) is 14.2 Å². The van der Waals surface area contributed by atoms with Crippen LogP contribution in [0.2, 0.25) is 0 Å². The van der Waals surface area contributed by atoms with E-state index in [4.69, 9.17) is 18.6 Å². The summed E-state index contributed by atoms with van der Waals surface area (Å²) in [4.78, 5) is 28.0. The van der Waals surface area contributed by atoms with Crippen molar-refractivity contribution < 1.29 is 28.5 Å². The molecule has 0 atom stereocenters. The Morgan fingerprint density at radius 1 is 1.09 bits per heavy atom. The third-order valence-corrected chi connectivity index (χ3v) is 5.12. The summed E-state index contributed by atoms with van der Waals surface area (Å²) in [6.45, 7) is 7.26. The van der Waals surface area contributed by atoms with Crippen LogP contribution in [0.15, 0.2) is 27.4 Å². The highest BCUT2D eigenvalue weighted by Crippen LogP contribution is 2.46. The molecule has 0 bridgehead atoms. The number of aryl methyl sites for hydroxylation is 1. The Morgan fingerprint density at radius 3 is 2.31 bits per heavy atom. The number of hydrogen-bond acceptors (Lipinski definition) is 9. The first kappa shape index (κ1) is 25.8. The van der Waals surface area contributed by atoms with E-state index < -0.39 is 17.1 Å². The van der Waals surface area contributed by atoms with Crippen LogP contribution in [0.3, 0.4) is 0 Å². The van der Waals surface area contributed by atoms with Gasteiger partial charge in [-0.3, -0.25) is 9.59 Å². The number of hydrogen-bond donors (Lipinski definition) is 2. The summed E-state index contributed by atoms with van der Waals surface area (Å²) in [5.74, 6) is -0.271. The highest BCUT2D eigenvalue weighted by atomic mass is 16.6. The average Bonchev–Trinajstić information content (AvgIpc) is 3.23. The number of aromatic amines is 1. The van der Waals surface area contributed by atoms with Crippen LogP contribution in [-0.4, -0.2) is 46.1 Å². The summed E-state index contributed by atoms with van der Waals surface area (Å²) in [5, 5.41) is 19.1. The zero-order valence-corrected chi connectivity index (χ0v) is 20.9. The lowest BCUT2D eigenvalue weighted by Crippen LogP contribution is -2.25. The van der Waals surface area contributed by atoms with Gasteiger partial charge in [0.05, 0.1) is 25.3 Å². The molecule has 2 aromatic heterocycles. The molecule has 3 aromatic rings. The Bertz CT molecular complexity index is 1230. The molecule has 188 valence electrons. The number of methoxy groups -OCH3 is 2. The number of nitrogens with one attached hydrogen (secondary N) is 1. The van der Waals surface area contributed by atoms with Crippen LogP contribution in [-0.2, 0) is 22.4 Å². The minimum absolute atomic E-state index is 0.0421. The number of unbranched alkanes of at least 4 members (excludes halogenated alkanes) is 1. The molecule has 10 nitrogen and oxygen atoms in total. The lowest BCUT2D eigenvalue weighted by atomic mass is 9.96. The molecular formula is C25H31N3O7. The molecule has 0 amide bonds. The monoisotopic (exact) mass is 485 g/mol. The molecule has 0 aliphatic heterocycles. The average molecular weight is 486 g/mol. The molecule has 0 aliphatic rings. The number of esters is 1. The first-order valence-electron chi connectivity index (χ1n) is 11.3. The lowest BCUT2D eigenvalue weighted by molar-refractivity contribution is -0.154. The zero-order valence-electron chi connectivity index (χ0n) is 20.9. The van der Waals surface area contributed by atoms with Crippen molar-refractivity contribution in [3.8, 4) is 39.8 Å². The van der Waals surface area contributed by atoms with Gasteiger partial charge in [-0.05, 0) is 45.7 Å². The first-order valence-corrected chi connectivity index (χ1v) is 11.3. The smallest absolute Gasteiger partial charge is 0.315 e. The number of rotatable bonds is 9. The van der Waals surface area contributed by atoms with Crippen molar-refractivity contribution in [3.63, 3.8) is 0 Å². The van der Waals surface area contributed by atoms with Crippen molar-refractivity contribution in [3.05, 3.63) is 40.1 Å². The molecule has 3 rings (SSSR count). The number of carbonyl (C=O) groups is 1. The predicted molar refractivity (Wildman–Crippen MR) is 129 cm³/mol. The van der Waals surface area contributed by atoms with E-state index in [1.807, 2.05) is 6.92 Å². The van der Waals surface area contributed by atoms with Gasteiger partial charge in [-0.2, -0.15) is 0 Å². The quantitative estimate of drug-likeness (QED) is 0.430. The summed E-state index contributed by atoms with van der Waals surface area (Å²) in [6, 6.07) is 5.23. The minimum atomic E-state index is -0.674. The summed E-state index contributed by atoms with van der Waals surface area (Å²) in [7, 11) is 3.02. The summed E-state index contributed by atoms with van der Waals surface area (Å²) in [6.07, 6.45) is 1.89. The highest BCUT2D eigenvalue weighted by Gasteiger charge is 2.28. The minimum Gasteiger partial charge on any atom is -0.506 e. The van der Waals surface area contributed by atoms with Crippen LogP contribution >= 0.6 is 0 Å². The van der Waals surface area contributed by atoms with E-state index in [2.05, 4.69) is 15.2 Å². The fourth-order valence-electron chi connectivity index (χ4n) is 3.67. The van der Waals surface area contributed by atoms with Crippen LogP contribution in [0, 0.1) is 0 Å². The predicted octanol–water partition coefficient (Wildman–Crippen LogP) is 4.04. The first-order chi connectivity index (χ1) is 16.6. The maximum atomic E-state index is 13.0. The Labute approximate surface area is 203 Å². The largest absolute Gasteiger partial charge is 0.506 e. The van der Waals surface area contributed by atoms with Crippen LogP contribution in [0.4, 0.5) is 0 Å². The summed E-state index contributed by atoms with van der Waals surface area (Å²) in [5.41, 5.74) is -0.141. The SMILES string of the molecule is CCCCc1[nH]c(=O)c(-c2nnc(CC(=O)OC(C)(C)C)o2)c(O)c1-c1c(OC)cccc1OC. The maximum Gasteiger partial charge on any atom is 0.315 e. The van der Waals surface area contributed by atoms with Gasteiger partial charge in [0.1, 0.15) is 34.8 Å². The molecule has 0 unspecified atom stereocenters. The molecule has 2 heterocycles. The standard InChI is InChI=1S/C25H31N3O7/c1-7-8-10-14-19(20-15(32-5)11-9-12-16(20)33-6)22(30)21(23(31)26-14)24-28-27-17(34-24)13-18(29)35-25(2,3)4/h9,11-12H,7-8,10,13H2,1-6H3,(H2,26,30,31). The van der Waals surface area contributed by atoms with Crippen LogP contribution < -0.4 is 15.0 Å². The third kappa shape index (κ3) is 5.82. The van der Waals surface area contributed by atoms with Crippen LogP contribution in [0.5, 0.6) is 17.2 Å². The van der Waals surface area contributed by atoms with E-state index in [-0.39, 0.29) is 29.5 Å². The number of aromatic hydroxyl groups is 1. The number of pyridine rings is 1. The van der Waals surface area contributed by atoms with E-state index in [1.54, 1.807) is 39.0 Å².